The summed E-state index contributed by atoms with van der Waals surface area (Å²) in [6.45, 7) is 0. The van der Waals surface area contributed by atoms with Gasteiger partial charge < -0.3 is 4.79 Å². The predicted molar refractivity (Wildman–Crippen MR) is 43.9 cm³/mol. The minimum Gasteiger partial charge on any atom is -0.303 e. The van der Waals surface area contributed by atoms with Crippen molar-refractivity contribution in [2.45, 2.75) is 6.42 Å². The Morgan fingerprint density at radius 2 is 2.27 bits per heavy atom. The average Bonchev–Trinajstić information content (AvgIpc) is 1.98. The molecular formula is C8H6BrFO. The van der Waals surface area contributed by atoms with Crippen molar-refractivity contribution in [3.8, 4) is 0 Å². The van der Waals surface area contributed by atoms with E-state index in [-0.39, 0.29) is 12.2 Å². The van der Waals surface area contributed by atoms with Gasteiger partial charge in [-0.15, -0.1) is 0 Å². The van der Waals surface area contributed by atoms with Gasteiger partial charge in [-0.05, 0) is 23.8 Å². The maximum Gasteiger partial charge on any atom is 0.126 e. The lowest BCUT2D eigenvalue weighted by molar-refractivity contribution is -0.107. The molecule has 0 amide bonds. The fourth-order valence-electron chi connectivity index (χ4n) is 0.790. The molecule has 1 aromatic carbocycles. The molecule has 0 spiro atoms. The molecular weight excluding hydrogens is 211 g/mol. The fraction of sp³-hybridized carbons (Fsp3) is 0.125. The molecule has 11 heavy (non-hydrogen) atoms. The molecule has 0 fully saturated rings. The number of benzene rings is 1. The van der Waals surface area contributed by atoms with Crippen LogP contribution in [0.15, 0.2) is 22.7 Å². The van der Waals surface area contributed by atoms with E-state index in [0.29, 0.717) is 11.8 Å². The van der Waals surface area contributed by atoms with Crippen LogP contribution < -0.4 is 0 Å². The van der Waals surface area contributed by atoms with E-state index < -0.39 is 0 Å². The highest BCUT2D eigenvalue weighted by molar-refractivity contribution is 9.10. The van der Waals surface area contributed by atoms with Crippen LogP contribution in [0.3, 0.4) is 0 Å². The van der Waals surface area contributed by atoms with Crippen LogP contribution in [0.5, 0.6) is 0 Å². The normalized spacial score (nSPS) is 9.64. The van der Waals surface area contributed by atoms with E-state index in [0.717, 1.165) is 4.47 Å². The van der Waals surface area contributed by atoms with E-state index in [1.165, 1.54) is 6.07 Å². The monoisotopic (exact) mass is 216 g/mol. The first-order chi connectivity index (χ1) is 5.24. The molecule has 1 rings (SSSR count). The lowest BCUT2D eigenvalue weighted by Gasteiger charge is -1.97. The van der Waals surface area contributed by atoms with Crippen molar-refractivity contribution >= 4 is 22.2 Å². The Morgan fingerprint density at radius 3 is 2.91 bits per heavy atom. The summed E-state index contributed by atoms with van der Waals surface area (Å²) < 4.78 is 13.6. The second-order valence-electron chi connectivity index (χ2n) is 2.11. The summed E-state index contributed by atoms with van der Waals surface area (Å²) in [6.07, 6.45) is 0.816. The number of halogens is 2. The smallest absolute Gasteiger partial charge is 0.126 e. The van der Waals surface area contributed by atoms with Gasteiger partial charge in [0, 0.05) is 10.9 Å². The van der Waals surface area contributed by atoms with Crippen LogP contribution in [0.1, 0.15) is 5.56 Å². The molecule has 0 bridgehead atoms. The van der Waals surface area contributed by atoms with Crippen molar-refractivity contribution in [1.29, 1.82) is 0 Å². The summed E-state index contributed by atoms with van der Waals surface area (Å²) in [4.78, 5) is 10.1. The number of hydrogen-bond acceptors (Lipinski definition) is 1. The first kappa shape index (κ1) is 8.40. The third-order valence-electron chi connectivity index (χ3n) is 1.31. The topological polar surface area (TPSA) is 17.1 Å². The van der Waals surface area contributed by atoms with Gasteiger partial charge >= 0.3 is 0 Å². The van der Waals surface area contributed by atoms with Crippen molar-refractivity contribution in [3.63, 3.8) is 0 Å². The van der Waals surface area contributed by atoms with E-state index in [2.05, 4.69) is 15.9 Å². The fourth-order valence-corrected chi connectivity index (χ4v) is 1.20. The van der Waals surface area contributed by atoms with Crippen LogP contribution >= 0.6 is 15.9 Å². The molecule has 0 unspecified atom stereocenters. The van der Waals surface area contributed by atoms with Crippen LogP contribution in [0.4, 0.5) is 4.39 Å². The molecule has 0 aromatic heterocycles. The molecule has 1 nitrogen and oxygen atoms in total. The quantitative estimate of drug-likeness (QED) is 0.694. The van der Waals surface area contributed by atoms with Gasteiger partial charge in [-0.1, -0.05) is 15.9 Å². The third kappa shape index (κ3) is 2.12. The number of aldehydes is 1. The Kier molecular flexibility index (Phi) is 2.76. The predicted octanol–water partition coefficient (Wildman–Crippen LogP) is 2.33. The second-order valence-corrected chi connectivity index (χ2v) is 3.02. The molecule has 0 N–H and O–H groups in total. The van der Waals surface area contributed by atoms with E-state index in [1.54, 1.807) is 12.1 Å². The van der Waals surface area contributed by atoms with Gasteiger partial charge in [0.15, 0.2) is 0 Å². The standard InChI is InChI=1S/C8H6BrFO/c9-7-1-2-8(10)6(5-7)3-4-11/h1-2,4-5H,3H2. The van der Waals surface area contributed by atoms with Crippen molar-refractivity contribution in [2.75, 3.05) is 0 Å². The zero-order valence-corrected chi connectivity index (χ0v) is 7.27. The molecule has 0 saturated carbocycles. The van der Waals surface area contributed by atoms with E-state index in [1.807, 2.05) is 0 Å². The van der Waals surface area contributed by atoms with Crippen molar-refractivity contribution in [2.24, 2.45) is 0 Å². The SMILES string of the molecule is O=CCc1cc(Br)ccc1F. The van der Waals surface area contributed by atoms with Crippen molar-refractivity contribution < 1.29 is 9.18 Å². The van der Waals surface area contributed by atoms with E-state index in [4.69, 9.17) is 0 Å². The summed E-state index contributed by atoms with van der Waals surface area (Å²) in [6, 6.07) is 4.54. The zero-order valence-electron chi connectivity index (χ0n) is 5.68. The average molecular weight is 217 g/mol. The highest BCUT2D eigenvalue weighted by Gasteiger charge is 2.00. The minimum absolute atomic E-state index is 0.130. The molecule has 0 radical (unpaired) electrons. The minimum atomic E-state index is -0.333. The summed E-state index contributed by atoms with van der Waals surface area (Å²) >= 11 is 3.18. The van der Waals surface area contributed by atoms with Crippen LogP contribution in [0, 0.1) is 5.82 Å². The molecule has 0 aliphatic carbocycles. The Hall–Kier alpha value is -0.700. The zero-order chi connectivity index (χ0) is 8.27. The van der Waals surface area contributed by atoms with Gasteiger partial charge in [0.1, 0.15) is 12.1 Å². The molecule has 0 heterocycles. The molecule has 0 atom stereocenters. The number of carbonyl (C=O) groups is 1. The molecule has 58 valence electrons. The van der Waals surface area contributed by atoms with Crippen molar-refractivity contribution in [1.82, 2.24) is 0 Å². The van der Waals surface area contributed by atoms with Gasteiger partial charge in [-0.3, -0.25) is 0 Å². The summed E-state index contributed by atoms with van der Waals surface area (Å²) in [7, 11) is 0. The number of carbonyl (C=O) groups excluding carboxylic acids is 1. The number of hydrogen-bond donors (Lipinski definition) is 0. The Balaban J connectivity index is 3.01. The highest BCUT2D eigenvalue weighted by atomic mass is 79.9. The molecule has 0 aliphatic heterocycles. The van der Waals surface area contributed by atoms with Crippen LogP contribution in [0.2, 0.25) is 0 Å². The molecule has 1 aromatic rings. The van der Waals surface area contributed by atoms with Crippen molar-refractivity contribution in [3.05, 3.63) is 34.1 Å². The largest absolute Gasteiger partial charge is 0.303 e. The van der Waals surface area contributed by atoms with E-state index >= 15 is 0 Å². The van der Waals surface area contributed by atoms with E-state index in [9.17, 15) is 9.18 Å². The van der Waals surface area contributed by atoms with Gasteiger partial charge in [0.25, 0.3) is 0 Å². The van der Waals surface area contributed by atoms with Crippen LogP contribution in [0.25, 0.3) is 0 Å². The Bertz CT molecular complexity index is 273. The lowest BCUT2D eigenvalue weighted by atomic mass is 10.1. The van der Waals surface area contributed by atoms with Crippen LogP contribution in [-0.2, 0) is 11.2 Å². The first-order valence-corrected chi connectivity index (χ1v) is 3.91. The lowest BCUT2D eigenvalue weighted by Crippen LogP contribution is -1.90. The van der Waals surface area contributed by atoms with Crippen LogP contribution in [-0.4, -0.2) is 6.29 Å². The van der Waals surface area contributed by atoms with Gasteiger partial charge in [0.05, 0.1) is 0 Å². The maximum absolute atomic E-state index is 12.8. The summed E-state index contributed by atoms with van der Waals surface area (Å²) in [5.41, 5.74) is 0.425. The van der Waals surface area contributed by atoms with Gasteiger partial charge in [-0.2, -0.15) is 0 Å². The summed E-state index contributed by atoms with van der Waals surface area (Å²) in [5.74, 6) is -0.333. The second kappa shape index (κ2) is 3.62. The van der Waals surface area contributed by atoms with Gasteiger partial charge in [0.2, 0.25) is 0 Å². The molecule has 0 aliphatic rings. The van der Waals surface area contributed by atoms with Gasteiger partial charge in [-0.25, -0.2) is 4.39 Å². The maximum atomic E-state index is 12.8. The summed E-state index contributed by atoms with van der Waals surface area (Å²) in [5, 5.41) is 0. The Morgan fingerprint density at radius 1 is 1.55 bits per heavy atom. The molecule has 0 saturated heterocycles. The third-order valence-corrected chi connectivity index (χ3v) is 1.80. The first-order valence-electron chi connectivity index (χ1n) is 3.11. The number of rotatable bonds is 2. The molecule has 3 heteroatoms. The Labute approximate surface area is 72.4 Å². The highest BCUT2D eigenvalue weighted by Crippen LogP contribution is 2.15.